The van der Waals surface area contributed by atoms with Gasteiger partial charge >= 0.3 is 0 Å². The first kappa shape index (κ1) is 12.4. The molecule has 3 heteroatoms. The van der Waals surface area contributed by atoms with E-state index in [-0.39, 0.29) is 0 Å². The Morgan fingerprint density at radius 2 is 2.21 bits per heavy atom. The molecule has 3 rings (SSSR count). The zero-order valence-electron chi connectivity index (χ0n) is 11.3. The first-order chi connectivity index (χ1) is 9.43. The van der Waals surface area contributed by atoms with Gasteiger partial charge in [-0.2, -0.15) is 5.10 Å². The minimum Gasteiger partial charge on any atom is -0.310 e. The number of hydrogen-bond donors (Lipinski definition) is 1. The van der Waals surface area contributed by atoms with Gasteiger partial charge in [0.25, 0.3) is 0 Å². The van der Waals surface area contributed by atoms with Gasteiger partial charge in [-0.25, -0.2) is 0 Å². The number of aromatic nitrogens is 2. The van der Waals surface area contributed by atoms with Gasteiger partial charge in [-0.05, 0) is 49.4 Å². The first-order valence-corrected chi connectivity index (χ1v) is 7.22. The summed E-state index contributed by atoms with van der Waals surface area (Å²) in [5.41, 5.74) is 3.03. The second kappa shape index (κ2) is 6.02. The number of nitrogens with zero attached hydrogens (tertiary/aromatic N) is 2. The predicted molar refractivity (Wildman–Crippen MR) is 77.0 cm³/mol. The SMILES string of the molecule is c1ccc2c(c1)CCCC2NCCCn1cccn1. The Balaban J connectivity index is 1.51. The van der Waals surface area contributed by atoms with Crippen molar-refractivity contribution in [1.29, 1.82) is 0 Å². The van der Waals surface area contributed by atoms with E-state index in [2.05, 4.69) is 34.7 Å². The van der Waals surface area contributed by atoms with E-state index in [9.17, 15) is 0 Å². The smallest absolute Gasteiger partial charge is 0.0489 e. The molecule has 0 radical (unpaired) electrons. The lowest BCUT2D eigenvalue weighted by Gasteiger charge is -2.26. The monoisotopic (exact) mass is 255 g/mol. The van der Waals surface area contributed by atoms with E-state index in [0.29, 0.717) is 6.04 Å². The molecule has 1 aliphatic rings. The molecule has 100 valence electrons. The molecule has 0 spiro atoms. The molecular weight excluding hydrogens is 234 g/mol. The van der Waals surface area contributed by atoms with Crippen LogP contribution in [0.1, 0.15) is 36.4 Å². The molecule has 19 heavy (non-hydrogen) atoms. The number of nitrogens with one attached hydrogen (secondary N) is 1. The van der Waals surface area contributed by atoms with Gasteiger partial charge in [0, 0.05) is 25.0 Å². The Labute approximate surface area is 114 Å². The van der Waals surface area contributed by atoms with E-state index < -0.39 is 0 Å². The van der Waals surface area contributed by atoms with Crippen molar-refractivity contribution >= 4 is 0 Å². The topological polar surface area (TPSA) is 29.9 Å². The van der Waals surface area contributed by atoms with Gasteiger partial charge in [-0.3, -0.25) is 4.68 Å². The van der Waals surface area contributed by atoms with Crippen LogP contribution in [0.15, 0.2) is 42.7 Å². The van der Waals surface area contributed by atoms with Crippen LogP contribution < -0.4 is 5.32 Å². The van der Waals surface area contributed by atoms with Crippen molar-refractivity contribution in [3.63, 3.8) is 0 Å². The largest absolute Gasteiger partial charge is 0.310 e. The van der Waals surface area contributed by atoms with Gasteiger partial charge < -0.3 is 5.32 Å². The Morgan fingerprint density at radius 3 is 3.11 bits per heavy atom. The lowest BCUT2D eigenvalue weighted by molar-refractivity contribution is 0.440. The number of rotatable bonds is 5. The molecule has 2 aromatic rings. The summed E-state index contributed by atoms with van der Waals surface area (Å²) in [6, 6.07) is 11.4. The van der Waals surface area contributed by atoms with Crippen molar-refractivity contribution in [3.8, 4) is 0 Å². The molecule has 1 aromatic carbocycles. The van der Waals surface area contributed by atoms with E-state index in [1.54, 1.807) is 0 Å². The van der Waals surface area contributed by atoms with E-state index in [1.807, 2.05) is 23.1 Å². The summed E-state index contributed by atoms with van der Waals surface area (Å²) >= 11 is 0. The summed E-state index contributed by atoms with van der Waals surface area (Å²) in [5.74, 6) is 0. The molecule has 1 aromatic heterocycles. The molecule has 1 atom stereocenters. The van der Waals surface area contributed by atoms with Gasteiger partial charge in [0.2, 0.25) is 0 Å². The van der Waals surface area contributed by atoms with Crippen LogP contribution in [0, 0.1) is 0 Å². The van der Waals surface area contributed by atoms with Crippen molar-refractivity contribution < 1.29 is 0 Å². The quantitative estimate of drug-likeness (QED) is 0.832. The summed E-state index contributed by atoms with van der Waals surface area (Å²) in [5, 5.41) is 7.92. The second-order valence-corrected chi connectivity index (χ2v) is 5.22. The van der Waals surface area contributed by atoms with Crippen molar-refractivity contribution in [2.45, 2.75) is 38.3 Å². The van der Waals surface area contributed by atoms with Crippen molar-refractivity contribution in [2.75, 3.05) is 6.54 Å². The molecule has 0 fully saturated rings. The maximum absolute atomic E-state index is 4.23. The third kappa shape index (κ3) is 3.04. The summed E-state index contributed by atoms with van der Waals surface area (Å²) in [4.78, 5) is 0. The maximum Gasteiger partial charge on any atom is 0.0489 e. The minimum absolute atomic E-state index is 0.544. The van der Waals surface area contributed by atoms with Crippen LogP contribution in [0.25, 0.3) is 0 Å². The lowest BCUT2D eigenvalue weighted by Crippen LogP contribution is -2.26. The molecule has 1 aliphatic carbocycles. The maximum atomic E-state index is 4.23. The zero-order valence-corrected chi connectivity index (χ0v) is 11.3. The molecule has 0 saturated heterocycles. The fourth-order valence-corrected chi connectivity index (χ4v) is 2.92. The third-order valence-corrected chi connectivity index (χ3v) is 3.88. The predicted octanol–water partition coefficient (Wildman–Crippen LogP) is 2.94. The van der Waals surface area contributed by atoms with Crippen molar-refractivity contribution in [1.82, 2.24) is 15.1 Å². The Bertz CT molecular complexity index is 504. The highest BCUT2D eigenvalue weighted by atomic mass is 15.3. The number of fused-ring (bicyclic) bond motifs is 1. The van der Waals surface area contributed by atoms with Crippen LogP contribution in [0.3, 0.4) is 0 Å². The second-order valence-electron chi connectivity index (χ2n) is 5.22. The van der Waals surface area contributed by atoms with Crippen LogP contribution in [0.2, 0.25) is 0 Å². The summed E-state index contributed by atoms with van der Waals surface area (Å²) in [6.45, 7) is 2.05. The van der Waals surface area contributed by atoms with Crippen LogP contribution in [-0.2, 0) is 13.0 Å². The standard InChI is InChI=1S/C16H21N3/c1-2-8-15-14(6-1)7-3-9-16(15)17-10-4-12-19-13-5-11-18-19/h1-2,5-6,8,11,13,16-17H,3-4,7,9-10,12H2. The highest BCUT2D eigenvalue weighted by Crippen LogP contribution is 2.29. The first-order valence-electron chi connectivity index (χ1n) is 7.22. The fourth-order valence-electron chi connectivity index (χ4n) is 2.92. The van der Waals surface area contributed by atoms with E-state index in [0.717, 1.165) is 19.5 Å². The molecule has 1 heterocycles. The van der Waals surface area contributed by atoms with E-state index in [4.69, 9.17) is 0 Å². The molecule has 0 amide bonds. The van der Waals surface area contributed by atoms with Gasteiger partial charge in [-0.1, -0.05) is 24.3 Å². The minimum atomic E-state index is 0.544. The fraction of sp³-hybridized carbons (Fsp3) is 0.438. The Hall–Kier alpha value is -1.61. The molecule has 1 N–H and O–H groups in total. The normalized spacial score (nSPS) is 18.2. The Morgan fingerprint density at radius 1 is 1.26 bits per heavy atom. The summed E-state index contributed by atoms with van der Waals surface area (Å²) < 4.78 is 2.00. The van der Waals surface area contributed by atoms with Gasteiger partial charge in [-0.15, -0.1) is 0 Å². The van der Waals surface area contributed by atoms with Crippen LogP contribution in [-0.4, -0.2) is 16.3 Å². The van der Waals surface area contributed by atoms with E-state index in [1.165, 1.54) is 30.4 Å². The van der Waals surface area contributed by atoms with Crippen molar-refractivity contribution in [3.05, 3.63) is 53.9 Å². The lowest BCUT2D eigenvalue weighted by atomic mass is 9.88. The Kier molecular flexibility index (Phi) is 3.94. The van der Waals surface area contributed by atoms with Gasteiger partial charge in [0.15, 0.2) is 0 Å². The highest BCUT2D eigenvalue weighted by molar-refractivity contribution is 5.32. The number of aryl methyl sites for hydroxylation is 2. The average molecular weight is 255 g/mol. The zero-order chi connectivity index (χ0) is 12.9. The number of benzene rings is 1. The molecule has 3 nitrogen and oxygen atoms in total. The molecule has 0 bridgehead atoms. The highest BCUT2D eigenvalue weighted by Gasteiger charge is 2.18. The van der Waals surface area contributed by atoms with Crippen LogP contribution in [0.4, 0.5) is 0 Å². The van der Waals surface area contributed by atoms with E-state index >= 15 is 0 Å². The molecule has 0 aliphatic heterocycles. The summed E-state index contributed by atoms with van der Waals surface area (Å²) in [6.07, 6.45) is 8.79. The van der Waals surface area contributed by atoms with Gasteiger partial charge in [0.05, 0.1) is 0 Å². The van der Waals surface area contributed by atoms with Crippen LogP contribution >= 0.6 is 0 Å². The van der Waals surface area contributed by atoms with Crippen molar-refractivity contribution in [2.24, 2.45) is 0 Å². The summed E-state index contributed by atoms with van der Waals surface area (Å²) in [7, 11) is 0. The molecular formula is C16H21N3. The third-order valence-electron chi connectivity index (χ3n) is 3.88. The van der Waals surface area contributed by atoms with Crippen LogP contribution in [0.5, 0.6) is 0 Å². The molecule has 1 unspecified atom stereocenters. The average Bonchev–Trinajstić information content (AvgIpc) is 2.97. The number of hydrogen-bond acceptors (Lipinski definition) is 2. The van der Waals surface area contributed by atoms with Gasteiger partial charge in [0.1, 0.15) is 0 Å². The molecule has 0 saturated carbocycles.